The van der Waals surface area contributed by atoms with Crippen LogP contribution >= 0.6 is 0 Å². The van der Waals surface area contributed by atoms with E-state index in [0.717, 1.165) is 27.6 Å². The van der Waals surface area contributed by atoms with Crippen molar-refractivity contribution in [2.45, 2.75) is 70.6 Å². The van der Waals surface area contributed by atoms with E-state index in [9.17, 15) is 27.5 Å². The number of carboxylic acid groups (broad SMARTS) is 1. The molecular formula is C24H28F4N8O3. The molecule has 2 aromatic heterocycles. The normalized spacial score (nSPS) is 21.9. The number of halogens is 4. The first-order valence-electron chi connectivity index (χ1n) is 12.3. The summed E-state index contributed by atoms with van der Waals surface area (Å²) in [6.45, 7) is 2.54. The Kier molecular flexibility index (Phi) is 6.83. The number of carbonyl (C=O) groups is 1. The highest BCUT2D eigenvalue weighted by Crippen LogP contribution is 2.40. The lowest BCUT2D eigenvalue weighted by Crippen LogP contribution is -2.58. The summed E-state index contributed by atoms with van der Waals surface area (Å²) in [5, 5.41) is 21.6. The van der Waals surface area contributed by atoms with Gasteiger partial charge < -0.3 is 9.84 Å². The van der Waals surface area contributed by atoms with Gasteiger partial charge in [-0.15, -0.1) is 10.2 Å². The molecule has 0 radical (unpaired) electrons. The van der Waals surface area contributed by atoms with Crippen molar-refractivity contribution in [2.75, 3.05) is 6.61 Å². The van der Waals surface area contributed by atoms with E-state index in [1.165, 1.54) is 11.9 Å². The summed E-state index contributed by atoms with van der Waals surface area (Å²) in [4.78, 5) is 21.0. The van der Waals surface area contributed by atoms with Gasteiger partial charge in [0.2, 0.25) is 5.82 Å². The van der Waals surface area contributed by atoms with E-state index in [2.05, 4.69) is 20.4 Å². The summed E-state index contributed by atoms with van der Waals surface area (Å²) in [5.74, 6) is -1.50. The van der Waals surface area contributed by atoms with Crippen LogP contribution in [0.25, 0.3) is 11.6 Å². The fourth-order valence-electron chi connectivity index (χ4n) is 5.50. The van der Waals surface area contributed by atoms with Crippen LogP contribution in [0.1, 0.15) is 56.8 Å². The van der Waals surface area contributed by atoms with E-state index >= 15 is 0 Å². The molecule has 39 heavy (non-hydrogen) atoms. The number of aryl methyl sites for hydroxylation is 1. The summed E-state index contributed by atoms with van der Waals surface area (Å²) in [5.41, 5.74) is -0.276. The zero-order valence-corrected chi connectivity index (χ0v) is 21.7. The fourth-order valence-corrected chi connectivity index (χ4v) is 5.50. The molecule has 1 fully saturated rings. The second-order valence-electron chi connectivity index (χ2n) is 10.7. The smallest absolute Gasteiger partial charge is 0.408 e. The van der Waals surface area contributed by atoms with Crippen molar-refractivity contribution in [3.63, 3.8) is 0 Å². The van der Waals surface area contributed by atoms with Crippen molar-refractivity contribution in [1.82, 2.24) is 39.6 Å². The Morgan fingerprint density at radius 3 is 2.59 bits per heavy atom. The molecule has 1 aromatic carbocycles. The third-order valence-electron chi connectivity index (χ3n) is 7.07. The fraction of sp³-hybridized carbons (Fsp3) is 0.542. The predicted molar refractivity (Wildman–Crippen MR) is 127 cm³/mol. The van der Waals surface area contributed by atoms with Crippen molar-refractivity contribution in [3.8, 4) is 11.6 Å². The molecule has 1 saturated heterocycles. The first-order valence-corrected chi connectivity index (χ1v) is 12.3. The van der Waals surface area contributed by atoms with Gasteiger partial charge in [0.1, 0.15) is 17.7 Å². The number of rotatable bonds is 5. The van der Waals surface area contributed by atoms with Crippen molar-refractivity contribution < 1.29 is 32.2 Å². The molecule has 210 valence electrons. The van der Waals surface area contributed by atoms with Gasteiger partial charge in [-0.1, -0.05) is 0 Å². The van der Waals surface area contributed by atoms with Crippen LogP contribution in [-0.4, -0.2) is 75.0 Å². The van der Waals surface area contributed by atoms with Crippen molar-refractivity contribution in [3.05, 3.63) is 46.8 Å². The largest absolute Gasteiger partial charge is 0.465 e. The van der Waals surface area contributed by atoms with Crippen LogP contribution in [0.3, 0.4) is 0 Å². The Labute approximate surface area is 221 Å². The van der Waals surface area contributed by atoms with Gasteiger partial charge in [0.15, 0.2) is 5.82 Å². The number of fused-ring (bicyclic) bond motifs is 1. The SMILES string of the molecule is Cn1nnc(-c2nc3c(n2C(F)F)CN([C@H]2CO[C@H](c4cc(F)ccc4F)[C@@H](N(C(=O)O)C(C)(C)C)C2)C3)n1. The number of ether oxygens (including phenoxy) is 1. The Hall–Kier alpha value is -3.59. The molecule has 4 heterocycles. The summed E-state index contributed by atoms with van der Waals surface area (Å²) in [6, 6.07) is 1.68. The Balaban J connectivity index is 1.45. The minimum Gasteiger partial charge on any atom is -0.465 e. The molecular weight excluding hydrogens is 524 g/mol. The van der Waals surface area contributed by atoms with Gasteiger partial charge >= 0.3 is 12.6 Å². The maximum absolute atomic E-state index is 14.8. The molecule has 0 saturated carbocycles. The number of tetrazole rings is 1. The van der Waals surface area contributed by atoms with Gasteiger partial charge in [-0.05, 0) is 50.6 Å². The Bertz CT molecular complexity index is 1390. The van der Waals surface area contributed by atoms with Crippen LogP contribution in [0.4, 0.5) is 22.4 Å². The average molecular weight is 553 g/mol. The average Bonchev–Trinajstić information content (AvgIpc) is 3.53. The van der Waals surface area contributed by atoms with E-state index in [0.29, 0.717) is 5.69 Å². The monoisotopic (exact) mass is 552 g/mol. The molecule has 0 spiro atoms. The molecule has 3 aromatic rings. The number of hydrogen-bond acceptors (Lipinski definition) is 7. The lowest BCUT2D eigenvalue weighted by atomic mass is 9.88. The van der Waals surface area contributed by atoms with Crippen LogP contribution in [0, 0.1) is 11.6 Å². The lowest BCUT2D eigenvalue weighted by Gasteiger charge is -2.48. The molecule has 0 aliphatic carbocycles. The Morgan fingerprint density at radius 1 is 1.23 bits per heavy atom. The number of benzene rings is 1. The summed E-state index contributed by atoms with van der Waals surface area (Å²) < 4.78 is 64.0. The van der Waals surface area contributed by atoms with Gasteiger partial charge in [-0.3, -0.25) is 14.4 Å². The van der Waals surface area contributed by atoms with E-state index < -0.39 is 48.0 Å². The van der Waals surface area contributed by atoms with Gasteiger partial charge in [0.05, 0.1) is 31.1 Å². The highest BCUT2D eigenvalue weighted by molar-refractivity contribution is 5.66. The quantitative estimate of drug-likeness (QED) is 0.477. The highest BCUT2D eigenvalue weighted by Gasteiger charge is 2.46. The zero-order chi connectivity index (χ0) is 28.2. The highest BCUT2D eigenvalue weighted by atomic mass is 19.3. The Morgan fingerprint density at radius 2 is 1.97 bits per heavy atom. The van der Waals surface area contributed by atoms with Gasteiger partial charge in [-0.25, -0.2) is 18.6 Å². The number of amides is 1. The van der Waals surface area contributed by atoms with Crippen LogP contribution < -0.4 is 0 Å². The maximum atomic E-state index is 14.8. The summed E-state index contributed by atoms with van der Waals surface area (Å²) >= 11 is 0. The molecule has 11 nitrogen and oxygen atoms in total. The number of aromatic nitrogens is 6. The van der Waals surface area contributed by atoms with E-state index in [4.69, 9.17) is 4.74 Å². The van der Waals surface area contributed by atoms with Crippen molar-refractivity contribution in [1.29, 1.82) is 0 Å². The minimum absolute atomic E-state index is 0.0259. The molecule has 0 unspecified atom stereocenters. The molecule has 2 aliphatic heterocycles. The van der Waals surface area contributed by atoms with Gasteiger partial charge in [0, 0.05) is 30.2 Å². The minimum atomic E-state index is -2.90. The first kappa shape index (κ1) is 27.0. The van der Waals surface area contributed by atoms with E-state index in [-0.39, 0.29) is 49.0 Å². The predicted octanol–water partition coefficient (Wildman–Crippen LogP) is 3.74. The van der Waals surface area contributed by atoms with Crippen LogP contribution in [0.15, 0.2) is 18.2 Å². The van der Waals surface area contributed by atoms with Crippen molar-refractivity contribution in [2.24, 2.45) is 7.05 Å². The van der Waals surface area contributed by atoms with Crippen LogP contribution in [-0.2, 0) is 24.9 Å². The second-order valence-corrected chi connectivity index (χ2v) is 10.7. The van der Waals surface area contributed by atoms with Gasteiger partial charge in [0.25, 0.3) is 0 Å². The number of alkyl halides is 2. The molecule has 5 rings (SSSR count). The van der Waals surface area contributed by atoms with Crippen molar-refractivity contribution >= 4 is 6.09 Å². The third kappa shape index (κ3) is 4.95. The first-order chi connectivity index (χ1) is 18.3. The standard InChI is InChI=1S/C24H28F4N8O3/c1-24(2,3)36(23(37)38)17-8-13(11-39-19(17)14-7-12(25)5-6-15(14)26)34-9-16-18(10-34)35(22(27)28)21(29-16)20-30-32-33(4)31-20/h5-7,13,17,19,22H,8-11H2,1-4H3,(H,37,38)/t13-,17+,19-/m1/s1. The molecule has 3 atom stereocenters. The summed E-state index contributed by atoms with van der Waals surface area (Å²) in [6.07, 6.45) is -2.11. The number of imidazole rings is 1. The topological polar surface area (TPSA) is 114 Å². The number of nitrogens with zero attached hydrogens (tertiary/aromatic N) is 8. The maximum Gasteiger partial charge on any atom is 0.408 e. The molecule has 1 amide bonds. The van der Waals surface area contributed by atoms with E-state index in [1.54, 1.807) is 20.8 Å². The second kappa shape index (κ2) is 9.86. The molecule has 15 heteroatoms. The molecule has 1 N–H and O–H groups in total. The van der Waals surface area contributed by atoms with Crippen LogP contribution in [0.5, 0.6) is 0 Å². The van der Waals surface area contributed by atoms with Gasteiger partial charge in [-0.2, -0.15) is 13.6 Å². The summed E-state index contributed by atoms with van der Waals surface area (Å²) in [7, 11) is 1.52. The third-order valence-corrected chi connectivity index (χ3v) is 7.07. The lowest BCUT2D eigenvalue weighted by molar-refractivity contribution is -0.103. The van der Waals surface area contributed by atoms with Crippen LogP contribution in [0.2, 0.25) is 0 Å². The van der Waals surface area contributed by atoms with E-state index in [1.807, 2.05) is 4.90 Å². The molecule has 2 aliphatic rings. The zero-order valence-electron chi connectivity index (χ0n) is 21.7. The molecule has 0 bridgehead atoms. The number of hydrogen-bond donors (Lipinski definition) is 1.